The molecule has 3 atom stereocenters. The van der Waals surface area contributed by atoms with Crippen molar-refractivity contribution in [2.45, 2.75) is 48.6 Å². The van der Waals surface area contributed by atoms with Gasteiger partial charge in [0.2, 0.25) is 0 Å². The zero-order valence-corrected chi connectivity index (χ0v) is 16.3. The maximum Gasteiger partial charge on any atom is 0.252 e. The minimum absolute atomic E-state index is 0.274. The number of thiophene rings is 1. The van der Waals surface area contributed by atoms with E-state index in [1.54, 1.807) is 24.6 Å². The number of nitrogens with one attached hydrogen (secondary N) is 2. The van der Waals surface area contributed by atoms with Gasteiger partial charge < -0.3 is 15.4 Å². The number of fused-ring (bicyclic) bond motifs is 2. The molecule has 25 heavy (non-hydrogen) atoms. The number of sulfonamides is 1. The maximum absolute atomic E-state index is 12.4. The quantitative estimate of drug-likeness (QED) is 0.544. The molecular formula is C16H26N4O3S2. The van der Waals surface area contributed by atoms with Crippen LogP contribution in [-0.4, -0.2) is 63.6 Å². The van der Waals surface area contributed by atoms with Crippen LogP contribution in [0.5, 0.6) is 0 Å². The Balaban J connectivity index is 1.54. The minimum Gasteiger partial charge on any atom is -0.373 e. The fourth-order valence-electron chi connectivity index (χ4n) is 3.27. The van der Waals surface area contributed by atoms with Crippen molar-refractivity contribution in [2.24, 2.45) is 4.99 Å². The third-order valence-corrected chi connectivity index (χ3v) is 7.85. The molecule has 3 heterocycles. The number of rotatable bonds is 7. The van der Waals surface area contributed by atoms with E-state index in [1.165, 1.54) is 15.6 Å². The highest BCUT2D eigenvalue weighted by molar-refractivity contribution is 7.91. The Labute approximate surface area is 153 Å². The minimum atomic E-state index is -3.41. The van der Waals surface area contributed by atoms with E-state index in [4.69, 9.17) is 4.74 Å². The molecular weight excluding hydrogens is 360 g/mol. The molecule has 0 saturated carbocycles. The van der Waals surface area contributed by atoms with Crippen molar-refractivity contribution < 1.29 is 13.2 Å². The van der Waals surface area contributed by atoms with Crippen molar-refractivity contribution in [1.29, 1.82) is 0 Å². The van der Waals surface area contributed by atoms with Gasteiger partial charge >= 0.3 is 0 Å². The van der Waals surface area contributed by atoms with Gasteiger partial charge in [-0.25, -0.2) is 8.42 Å². The first-order chi connectivity index (χ1) is 12.0. The van der Waals surface area contributed by atoms with Gasteiger partial charge in [-0.3, -0.25) is 4.99 Å². The van der Waals surface area contributed by atoms with Crippen molar-refractivity contribution in [1.82, 2.24) is 14.9 Å². The molecule has 0 radical (unpaired) electrons. The molecule has 0 spiro atoms. The largest absolute Gasteiger partial charge is 0.373 e. The summed E-state index contributed by atoms with van der Waals surface area (Å²) in [4.78, 5) is 4.53. The zero-order valence-electron chi connectivity index (χ0n) is 14.6. The van der Waals surface area contributed by atoms with Crippen LogP contribution in [0.2, 0.25) is 0 Å². The van der Waals surface area contributed by atoms with E-state index in [1.807, 2.05) is 6.92 Å². The number of guanidine groups is 1. The Bertz CT molecular complexity index is 690. The van der Waals surface area contributed by atoms with Crippen LogP contribution in [0.4, 0.5) is 0 Å². The van der Waals surface area contributed by atoms with Gasteiger partial charge in [-0.15, -0.1) is 11.3 Å². The van der Waals surface area contributed by atoms with Gasteiger partial charge in [0.05, 0.1) is 24.8 Å². The Morgan fingerprint density at radius 1 is 1.48 bits per heavy atom. The number of hydrogen-bond acceptors (Lipinski definition) is 5. The van der Waals surface area contributed by atoms with Crippen LogP contribution in [0, 0.1) is 0 Å². The van der Waals surface area contributed by atoms with Crippen molar-refractivity contribution in [3.05, 3.63) is 17.5 Å². The Hall–Kier alpha value is -1.16. The first kappa shape index (κ1) is 18.6. The van der Waals surface area contributed by atoms with Crippen LogP contribution in [0.25, 0.3) is 0 Å². The Morgan fingerprint density at radius 2 is 2.32 bits per heavy atom. The predicted octanol–water partition coefficient (Wildman–Crippen LogP) is 1.24. The second-order valence-electron chi connectivity index (χ2n) is 6.38. The second-order valence-corrected chi connectivity index (χ2v) is 9.60. The molecule has 1 aromatic heterocycles. The molecule has 9 heteroatoms. The summed E-state index contributed by atoms with van der Waals surface area (Å²) in [7, 11) is -1.82. The number of ether oxygens (including phenoxy) is 1. The predicted molar refractivity (Wildman–Crippen MR) is 99.5 cm³/mol. The third kappa shape index (κ3) is 4.33. The summed E-state index contributed by atoms with van der Waals surface area (Å²) in [6.45, 7) is 3.51. The number of aliphatic imine (C=N–C) groups is 1. The van der Waals surface area contributed by atoms with Crippen LogP contribution < -0.4 is 10.6 Å². The SMILES string of the molecule is CCNC(=NCCN(C)S(=O)(=O)c1cccs1)NC1CC2CCC1O2. The lowest BCUT2D eigenvalue weighted by Gasteiger charge is -2.23. The van der Waals surface area contributed by atoms with E-state index in [9.17, 15) is 8.42 Å². The highest BCUT2D eigenvalue weighted by Crippen LogP contribution is 2.34. The lowest BCUT2D eigenvalue weighted by Crippen LogP contribution is -2.47. The van der Waals surface area contributed by atoms with E-state index in [0.29, 0.717) is 29.4 Å². The molecule has 0 amide bonds. The second kappa shape index (κ2) is 8.03. The number of hydrogen-bond donors (Lipinski definition) is 2. The molecule has 2 aliphatic heterocycles. The fraction of sp³-hybridized carbons (Fsp3) is 0.688. The summed E-state index contributed by atoms with van der Waals surface area (Å²) in [6, 6.07) is 3.67. The maximum atomic E-state index is 12.4. The van der Waals surface area contributed by atoms with E-state index < -0.39 is 10.0 Å². The Kier molecular flexibility index (Phi) is 5.98. The first-order valence-electron chi connectivity index (χ1n) is 8.71. The average molecular weight is 387 g/mol. The van der Waals surface area contributed by atoms with Gasteiger partial charge in [-0.1, -0.05) is 6.07 Å². The first-order valence-corrected chi connectivity index (χ1v) is 11.0. The molecule has 140 valence electrons. The molecule has 0 aliphatic carbocycles. The molecule has 2 aliphatic rings. The van der Waals surface area contributed by atoms with Gasteiger partial charge in [0.15, 0.2) is 5.96 Å². The summed E-state index contributed by atoms with van der Waals surface area (Å²) < 4.78 is 32.4. The number of nitrogens with zero attached hydrogens (tertiary/aromatic N) is 2. The molecule has 3 rings (SSSR count). The van der Waals surface area contributed by atoms with Crippen LogP contribution >= 0.6 is 11.3 Å². The molecule has 3 unspecified atom stereocenters. The topological polar surface area (TPSA) is 83.0 Å². The van der Waals surface area contributed by atoms with Crippen LogP contribution in [0.1, 0.15) is 26.2 Å². The molecule has 2 saturated heterocycles. The Morgan fingerprint density at radius 3 is 2.92 bits per heavy atom. The van der Waals surface area contributed by atoms with Gasteiger partial charge in [-0.05, 0) is 37.6 Å². The lowest BCUT2D eigenvalue weighted by atomic mass is 9.96. The third-order valence-electron chi connectivity index (χ3n) is 4.62. The highest BCUT2D eigenvalue weighted by Gasteiger charge is 2.41. The normalized spacial score (nSPS) is 26.4. The number of likely N-dealkylation sites (N-methyl/N-ethyl adjacent to an activating group) is 1. The van der Waals surface area contributed by atoms with Crippen LogP contribution in [-0.2, 0) is 14.8 Å². The monoisotopic (exact) mass is 386 g/mol. The van der Waals surface area contributed by atoms with Crippen molar-refractivity contribution in [2.75, 3.05) is 26.7 Å². The van der Waals surface area contributed by atoms with E-state index in [-0.39, 0.29) is 6.10 Å². The molecule has 1 aromatic rings. The van der Waals surface area contributed by atoms with E-state index >= 15 is 0 Å². The van der Waals surface area contributed by atoms with Crippen LogP contribution in [0.15, 0.2) is 26.7 Å². The fourth-order valence-corrected chi connectivity index (χ4v) is 5.63. The van der Waals surface area contributed by atoms with E-state index in [2.05, 4.69) is 15.6 Å². The van der Waals surface area contributed by atoms with Gasteiger partial charge in [0, 0.05) is 20.1 Å². The molecule has 0 aromatic carbocycles. The summed E-state index contributed by atoms with van der Waals surface area (Å²) in [5.41, 5.74) is 0. The van der Waals surface area contributed by atoms with Gasteiger partial charge in [-0.2, -0.15) is 4.31 Å². The molecule has 7 nitrogen and oxygen atoms in total. The van der Waals surface area contributed by atoms with Crippen molar-refractivity contribution in [3.63, 3.8) is 0 Å². The molecule has 2 N–H and O–H groups in total. The summed E-state index contributed by atoms with van der Waals surface area (Å²) in [6.07, 6.45) is 3.93. The van der Waals surface area contributed by atoms with Crippen molar-refractivity contribution in [3.8, 4) is 0 Å². The summed E-state index contributed by atoms with van der Waals surface area (Å²) in [5.74, 6) is 0.727. The van der Waals surface area contributed by atoms with E-state index in [0.717, 1.165) is 31.8 Å². The average Bonchev–Trinajstić information content (AvgIpc) is 3.32. The van der Waals surface area contributed by atoms with Crippen LogP contribution in [0.3, 0.4) is 0 Å². The summed E-state index contributed by atoms with van der Waals surface area (Å²) >= 11 is 1.23. The smallest absolute Gasteiger partial charge is 0.252 e. The zero-order chi connectivity index (χ0) is 17.9. The highest BCUT2D eigenvalue weighted by atomic mass is 32.2. The standard InChI is InChI=1S/C16H26N4O3S2/c1-3-17-16(19-13-11-12-6-7-14(13)23-12)18-8-9-20(2)25(21,22)15-5-4-10-24-15/h4-5,10,12-14H,3,6-9,11H2,1-2H3,(H2,17,18,19). The lowest BCUT2D eigenvalue weighted by molar-refractivity contribution is 0.0992. The molecule has 2 fully saturated rings. The van der Waals surface area contributed by atoms with Gasteiger partial charge in [0.25, 0.3) is 10.0 Å². The summed E-state index contributed by atoms with van der Waals surface area (Å²) in [5, 5.41) is 8.43. The molecule has 2 bridgehead atoms. The van der Waals surface area contributed by atoms with Gasteiger partial charge in [0.1, 0.15) is 4.21 Å². The van der Waals surface area contributed by atoms with Crippen molar-refractivity contribution >= 4 is 27.3 Å².